The highest BCUT2D eigenvalue weighted by Crippen LogP contribution is 2.01. The van der Waals surface area contributed by atoms with Crippen molar-refractivity contribution in [3.63, 3.8) is 0 Å². The van der Waals surface area contributed by atoms with Gasteiger partial charge >= 0.3 is 0 Å². The Morgan fingerprint density at radius 1 is 1.47 bits per heavy atom. The van der Waals surface area contributed by atoms with Gasteiger partial charge in [-0.25, -0.2) is 4.68 Å². The summed E-state index contributed by atoms with van der Waals surface area (Å²) < 4.78 is 6.38. The standard InChI is InChI=1S/C9H8N4O2/c14-9(12-13-6-10-11-7-13)4-3-8-2-1-5-15-8/h1-7H,(H,12,14)/b4-3+. The number of carbonyl (C=O) groups is 1. The molecule has 6 nitrogen and oxygen atoms in total. The van der Waals surface area contributed by atoms with E-state index >= 15 is 0 Å². The molecule has 0 aliphatic rings. The lowest BCUT2D eigenvalue weighted by molar-refractivity contribution is -0.112. The molecular formula is C9H8N4O2. The van der Waals surface area contributed by atoms with Crippen LogP contribution in [0.25, 0.3) is 6.08 Å². The number of aromatic nitrogens is 3. The summed E-state index contributed by atoms with van der Waals surface area (Å²) in [7, 11) is 0. The predicted octanol–water partition coefficient (Wildman–Crippen LogP) is 0.655. The van der Waals surface area contributed by atoms with Crippen LogP contribution in [0, 0.1) is 0 Å². The highest BCUT2D eigenvalue weighted by molar-refractivity contribution is 5.97. The van der Waals surface area contributed by atoms with Crippen molar-refractivity contribution in [2.24, 2.45) is 0 Å². The Labute approximate surface area is 85.2 Å². The monoisotopic (exact) mass is 204 g/mol. The Morgan fingerprint density at radius 2 is 2.27 bits per heavy atom. The molecule has 0 spiro atoms. The van der Waals surface area contributed by atoms with E-state index in [0.29, 0.717) is 5.76 Å². The summed E-state index contributed by atoms with van der Waals surface area (Å²) in [5.74, 6) is 0.333. The molecule has 15 heavy (non-hydrogen) atoms. The molecule has 2 aromatic rings. The average Bonchev–Trinajstić information content (AvgIpc) is 2.86. The van der Waals surface area contributed by atoms with Crippen LogP contribution in [0.5, 0.6) is 0 Å². The molecule has 76 valence electrons. The van der Waals surface area contributed by atoms with Crippen LogP contribution in [0.3, 0.4) is 0 Å². The second-order valence-corrected chi connectivity index (χ2v) is 2.69. The lowest BCUT2D eigenvalue weighted by atomic mass is 10.4. The summed E-state index contributed by atoms with van der Waals surface area (Å²) in [6, 6.07) is 3.50. The van der Waals surface area contributed by atoms with Crippen molar-refractivity contribution in [1.29, 1.82) is 0 Å². The zero-order valence-electron chi connectivity index (χ0n) is 7.70. The molecule has 0 aliphatic carbocycles. The molecule has 2 aromatic heterocycles. The molecule has 2 heterocycles. The number of nitrogens with one attached hydrogen (secondary N) is 1. The largest absolute Gasteiger partial charge is 0.465 e. The Morgan fingerprint density at radius 3 is 2.93 bits per heavy atom. The summed E-state index contributed by atoms with van der Waals surface area (Å²) in [6.07, 6.45) is 7.24. The minimum absolute atomic E-state index is 0.286. The van der Waals surface area contributed by atoms with Crippen LogP contribution in [0.2, 0.25) is 0 Å². The van der Waals surface area contributed by atoms with E-state index in [-0.39, 0.29) is 5.91 Å². The molecule has 0 aliphatic heterocycles. The van der Waals surface area contributed by atoms with Gasteiger partial charge in [0.1, 0.15) is 18.4 Å². The second-order valence-electron chi connectivity index (χ2n) is 2.69. The minimum Gasteiger partial charge on any atom is -0.465 e. The molecule has 2 rings (SSSR count). The molecule has 6 heteroatoms. The number of rotatable bonds is 3. The first-order chi connectivity index (χ1) is 7.34. The van der Waals surface area contributed by atoms with Crippen LogP contribution >= 0.6 is 0 Å². The molecule has 1 N–H and O–H groups in total. The van der Waals surface area contributed by atoms with Gasteiger partial charge in [-0.15, -0.1) is 10.2 Å². The first kappa shape index (κ1) is 9.20. The molecule has 0 bridgehead atoms. The van der Waals surface area contributed by atoms with Crippen LogP contribution in [0.15, 0.2) is 41.5 Å². The molecule has 0 saturated carbocycles. The number of furan rings is 1. The van der Waals surface area contributed by atoms with Gasteiger partial charge in [0.15, 0.2) is 0 Å². The van der Waals surface area contributed by atoms with Crippen molar-refractivity contribution >= 4 is 12.0 Å². The topological polar surface area (TPSA) is 73.0 Å². The second kappa shape index (κ2) is 4.23. The zero-order chi connectivity index (χ0) is 10.5. The normalized spacial score (nSPS) is 10.7. The van der Waals surface area contributed by atoms with E-state index in [1.54, 1.807) is 18.2 Å². The summed E-state index contributed by atoms with van der Waals surface area (Å²) in [5, 5.41) is 7.08. The molecule has 0 radical (unpaired) electrons. The Bertz CT molecular complexity index is 444. The van der Waals surface area contributed by atoms with Crippen LogP contribution in [0.4, 0.5) is 0 Å². The fraction of sp³-hybridized carbons (Fsp3) is 0. The third kappa shape index (κ3) is 2.53. The van der Waals surface area contributed by atoms with Gasteiger partial charge in [0.2, 0.25) is 0 Å². The van der Waals surface area contributed by atoms with Crippen molar-refractivity contribution < 1.29 is 9.21 Å². The van der Waals surface area contributed by atoms with E-state index in [1.807, 2.05) is 0 Å². The van der Waals surface area contributed by atoms with Gasteiger partial charge < -0.3 is 4.42 Å². The summed E-state index contributed by atoms with van der Waals surface area (Å²) >= 11 is 0. The highest BCUT2D eigenvalue weighted by Gasteiger charge is 1.96. The third-order valence-corrected chi connectivity index (χ3v) is 1.60. The van der Waals surface area contributed by atoms with Crippen LogP contribution < -0.4 is 5.43 Å². The smallest absolute Gasteiger partial charge is 0.263 e. The predicted molar refractivity (Wildman–Crippen MR) is 52.1 cm³/mol. The van der Waals surface area contributed by atoms with Gasteiger partial charge in [0, 0.05) is 6.08 Å². The molecule has 0 aromatic carbocycles. The van der Waals surface area contributed by atoms with E-state index in [9.17, 15) is 4.79 Å². The fourth-order valence-corrected chi connectivity index (χ4v) is 0.967. The first-order valence-electron chi connectivity index (χ1n) is 4.22. The number of hydrogen-bond donors (Lipinski definition) is 1. The maximum Gasteiger partial charge on any atom is 0.263 e. The van der Waals surface area contributed by atoms with Crippen LogP contribution in [0.1, 0.15) is 5.76 Å². The lowest BCUT2D eigenvalue weighted by Crippen LogP contribution is -2.18. The molecule has 0 fully saturated rings. The van der Waals surface area contributed by atoms with Crippen molar-refractivity contribution in [2.45, 2.75) is 0 Å². The molecule has 0 unspecified atom stereocenters. The van der Waals surface area contributed by atoms with E-state index < -0.39 is 0 Å². The zero-order valence-corrected chi connectivity index (χ0v) is 7.70. The quantitative estimate of drug-likeness (QED) is 0.745. The number of nitrogens with zero attached hydrogens (tertiary/aromatic N) is 3. The average molecular weight is 204 g/mol. The number of amides is 1. The van der Waals surface area contributed by atoms with E-state index in [0.717, 1.165) is 0 Å². The fourth-order valence-electron chi connectivity index (χ4n) is 0.967. The Hall–Kier alpha value is -2.37. The first-order valence-corrected chi connectivity index (χ1v) is 4.22. The summed E-state index contributed by atoms with van der Waals surface area (Å²) in [4.78, 5) is 11.3. The van der Waals surface area contributed by atoms with Gasteiger partial charge in [-0.1, -0.05) is 0 Å². The molecular weight excluding hydrogens is 196 g/mol. The Kier molecular flexibility index (Phi) is 2.59. The van der Waals surface area contributed by atoms with E-state index in [1.165, 1.54) is 29.7 Å². The van der Waals surface area contributed by atoms with Crippen molar-refractivity contribution in [2.75, 3.05) is 5.43 Å². The summed E-state index contributed by atoms with van der Waals surface area (Å²) in [5.41, 5.74) is 2.51. The van der Waals surface area contributed by atoms with E-state index in [4.69, 9.17) is 4.42 Å². The van der Waals surface area contributed by atoms with Crippen LogP contribution in [-0.4, -0.2) is 20.8 Å². The summed E-state index contributed by atoms with van der Waals surface area (Å²) in [6.45, 7) is 0. The van der Waals surface area contributed by atoms with E-state index in [2.05, 4.69) is 15.6 Å². The van der Waals surface area contributed by atoms with Gasteiger partial charge in [0.25, 0.3) is 5.91 Å². The van der Waals surface area contributed by atoms with Gasteiger partial charge in [-0.05, 0) is 18.2 Å². The van der Waals surface area contributed by atoms with Gasteiger partial charge in [0.05, 0.1) is 6.26 Å². The molecule has 1 amide bonds. The SMILES string of the molecule is O=C(/C=C/c1ccco1)Nn1cnnc1. The molecule has 0 atom stereocenters. The maximum absolute atomic E-state index is 11.3. The highest BCUT2D eigenvalue weighted by atomic mass is 16.3. The lowest BCUT2D eigenvalue weighted by Gasteiger charge is -1.98. The minimum atomic E-state index is -0.286. The van der Waals surface area contributed by atoms with Crippen LogP contribution in [-0.2, 0) is 4.79 Å². The maximum atomic E-state index is 11.3. The van der Waals surface area contributed by atoms with Gasteiger partial charge in [-0.2, -0.15) is 0 Å². The third-order valence-electron chi connectivity index (χ3n) is 1.60. The van der Waals surface area contributed by atoms with Crippen molar-refractivity contribution in [3.05, 3.63) is 42.9 Å². The number of hydrogen-bond acceptors (Lipinski definition) is 4. The van der Waals surface area contributed by atoms with Gasteiger partial charge in [-0.3, -0.25) is 10.2 Å². The van der Waals surface area contributed by atoms with Crippen molar-refractivity contribution in [1.82, 2.24) is 14.9 Å². The van der Waals surface area contributed by atoms with Crippen molar-refractivity contribution in [3.8, 4) is 0 Å². The number of carbonyl (C=O) groups excluding carboxylic acids is 1. The molecule has 0 saturated heterocycles. The Balaban J connectivity index is 1.93.